The number of benzene rings is 2. The normalized spacial score (nSPS) is 18.9. The van der Waals surface area contributed by atoms with Crippen molar-refractivity contribution in [3.63, 3.8) is 0 Å². The van der Waals surface area contributed by atoms with Crippen molar-refractivity contribution in [1.82, 2.24) is 14.5 Å². The maximum atomic E-state index is 11.2. The van der Waals surface area contributed by atoms with Crippen LogP contribution in [0.4, 0.5) is 0 Å². The number of aliphatic hydroxyl groups is 1. The molecule has 182 valence electrons. The number of ether oxygens (including phenoxy) is 4. The van der Waals surface area contributed by atoms with Crippen molar-refractivity contribution < 1.29 is 24.1 Å². The average Bonchev–Trinajstić information content (AvgIpc) is 3.29. The molecule has 1 aromatic heterocycles. The number of nitrogens with zero attached hydrogens (tertiary/aromatic N) is 3. The minimum absolute atomic E-state index is 0.123. The Balaban J connectivity index is 1.34. The van der Waals surface area contributed by atoms with Crippen molar-refractivity contribution in [3.05, 3.63) is 71.8 Å². The van der Waals surface area contributed by atoms with Gasteiger partial charge in [0.15, 0.2) is 11.5 Å². The molecule has 1 saturated heterocycles. The van der Waals surface area contributed by atoms with Gasteiger partial charge in [-0.1, -0.05) is 17.7 Å². The highest BCUT2D eigenvalue weighted by Gasteiger charge is 2.33. The Hall–Kier alpha value is -2.78. The summed E-state index contributed by atoms with van der Waals surface area (Å²) in [5.74, 6) is 2.02. The lowest BCUT2D eigenvalue weighted by Crippen LogP contribution is -2.48. The molecular weight excluding hydrogens is 458 g/mol. The van der Waals surface area contributed by atoms with Crippen LogP contribution in [0.15, 0.2) is 61.2 Å². The van der Waals surface area contributed by atoms with E-state index in [1.54, 1.807) is 43.9 Å². The summed E-state index contributed by atoms with van der Waals surface area (Å²) in [4.78, 5) is 6.19. The van der Waals surface area contributed by atoms with Gasteiger partial charge in [-0.15, -0.1) is 0 Å². The number of rotatable bonds is 10. The molecule has 4 rings (SSSR count). The maximum Gasteiger partial charge on any atom is 0.161 e. The van der Waals surface area contributed by atoms with E-state index in [1.165, 1.54) is 0 Å². The minimum Gasteiger partial charge on any atom is -0.493 e. The summed E-state index contributed by atoms with van der Waals surface area (Å²) in [5, 5.41) is 11.8. The first-order valence-corrected chi connectivity index (χ1v) is 11.6. The third kappa shape index (κ3) is 6.87. The van der Waals surface area contributed by atoms with Crippen LogP contribution in [0, 0.1) is 0 Å². The summed E-state index contributed by atoms with van der Waals surface area (Å²) in [7, 11) is 1.63. The van der Waals surface area contributed by atoms with E-state index in [2.05, 4.69) is 9.88 Å². The van der Waals surface area contributed by atoms with Crippen LogP contribution < -0.4 is 14.2 Å². The Kier molecular flexibility index (Phi) is 8.29. The molecule has 1 atom stereocenters. The van der Waals surface area contributed by atoms with Crippen LogP contribution in [0.5, 0.6) is 17.2 Å². The highest BCUT2D eigenvalue weighted by Crippen LogP contribution is 2.29. The maximum absolute atomic E-state index is 11.2. The second-order valence-electron chi connectivity index (χ2n) is 8.36. The predicted molar refractivity (Wildman–Crippen MR) is 129 cm³/mol. The zero-order valence-electron chi connectivity index (χ0n) is 19.2. The summed E-state index contributed by atoms with van der Waals surface area (Å²) in [6, 6.07) is 13.0. The van der Waals surface area contributed by atoms with E-state index < -0.39 is 5.60 Å². The van der Waals surface area contributed by atoms with Gasteiger partial charge in [0.2, 0.25) is 0 Å². The fraction of sp³-hybridized carbons (Fsp3) is 0.400. The van der Waals surface area contributed by atoms with Crippen molar-refractivity contribution >= 4 is 11.6 Å². The molecule has 0 radical (unpaired) electrons. The molecular formula is C25H30ClN3O5. The Morgan fingerprint density at radius 1 is 1.15 bits per heavy atom. The van der Waals surface area contributed by atoms with Crippen LogP contribution in [0.25, 0.3) is 0 Å². The number of hydrogen-bond acceptors (Lipinski definition) is 7. The van der Waals surface area contributed by atoms with Gasteiger partial charge in [-0.3, -0.25) is 4.90 Å². The van der Waals surface area contributed by atoms with E-state index in [4.69, 9.17) is 30.5 Å². The fourth-order valence-electron chi connectivity index (χ4n) is 3.84. The summed E-state index contributed by atoms with van der Waals surface area (Å²) < 4.78 is 24.9. The fourth-order valence-corrected chi connectivity index (χ4v) is 3.96. The van der Waals surface area contributed by atoms with E-state index in [1.807, 2.05) is 29.0 Å². The van der Waals surface area contributed by atoms with E-state index in [0.29, 0.717) is 61.7 Å². The molecule has 2 aromatic carbocycles. The summed E-state index contributed by atoms with van der Waals surface area (Å²) in [6.07, 6.45) is 5.40. The molecule has 0 bridgehead atoms. The third-order valence-electron chi connectivity index (χ3n) is 5.56. The van der Waals surface area contributed by atoms with Gasteiger partial charge in [0.25, 0.3) is 0 Å². The van der Waals surface area contributed by atoms with E-state index in [0.717, 1.165) is 5.56 Å². The predicted octanol–water partition coefficient (Wildman–Crippen LogP) is 3.27. The monoisotopic (exact) mass is 487 g/mol. The number of imidazole rings is 1. The van der Waals surface area contributed by atoms with Crippen molar-refractivity contribution in [2.45, 2.75) is 18.7 Å². The number of methoxy groups -OCH3 is 1. The third-order valence-corrected chi connectivity index (χ3v) is 5.81. The van der Waals surface area contributed by atoms with Gasteiger partial charge in [-0.05, 0) is 42.0 Å². The topological polar surface area (TPSA) is 78.2 Å². The van der Waals surface area contributed by atoms with E-state index in [9.17, 15) is 5.11 Å². The van der Waals surface area contributed by atoms with Gasteiger partial charge in [0.05, 0.1) is 33.2 Å². The highest BCUT2D eigenvalue weighted by atomic mass is 35.5. The number of aromatic nitrogens is 2. The quantitative estimate of drug-likeness (QED) is 0.470. The molecule has 1 N–H and O–H groups in total. The molecule has 3 aromatic rings. The van der Waals surface area contributed by atoms with Crippen molar-refractivity contribution in [1.29, 1.82) is 0 Å². The van der Waals surface area contributed by atoms with Crippen LogP contribution >= 0.6 is 11.6 Å². The molecule has 0 aliphatic carbocycles. The first-order chi connectivity index (χ1) is 16.5. The summed E-state index contributed by atoms with van der Waals surface area (Å²) in [6.45, 7) is 3.85. The van der Waals surface area contributed by atoms with Crippen LogP contribution in [0.2, 0.25) is 5.02 Å². The second kappa shape index (κ2) is 11.6. The van der Waals surface area contributed by atoms with Crippen molar-refractivity contribution in [2.24, 2.45) is 0 Å². The lowest BCUT2D eigenvalue weighted by molar-refractivity contribution is -0.0646. The standard InChI is InChI=1S/C25H30ClN3O5/c1-31-24-14-20(2-7-23(24)33-13-11-28-9-8-27-19-28)15-29-10-12-32-17-25(30,16-29)18-34-22-5-3-21(26)4-6-22/h2-9,14,19,30H,10-13,15-18H2,1H3/t25-/m1/s1. The smallest absolute Gasteiger partial charge is 0.161 e. The van der Waals surface area contributed by atoms with Gasteiger partial charge in [-0.2, -0.15) is 0 Å². The molecule has 34 heavy (non-hydrogen) atoms. The van der Waals surface area contributed by atoms with E-state index >= 15 is 0 Å². The largest absolute Gasteiger partial charge is 0.493 e. The lowest BCUT2D eigenvalue weighted by atomic mass is 10.1. The Morgan fingerprint density at radius 3 is 2.76 bits per heavy atom. The molecule has 1 fully saturated rings. The first-order valence-electron chi connectivity index (χ1n) is 11.2. The molecule has 2 heterocycles. The lowest BCUT2D eigenvalue weighted by Gasteiger charge is -2.30. The second-order valence-corrected chi connectivity index (χ2v) is 8.80. The minimum atomic E-state index is -1.13. The van der Waals surface area contributed by atoms with Gasteiger partial charge in [0, 0.05) is 37.1 Å². The molecule has 8 nitrogen and oxygen atoms in total. The van der Waals surface area contributed by atoms with Crippen molar-refractivity contribution in [2.75, 3.05) is 46.6 Å². The number of β-amino-alcohol motifs (C(OH)–C–C–N with tert-alkyl or cyclic N) is 1. The SMILES string of the molecule is COc1cc(CN2CCOC[C@@](O)(COc3ccc(Cl)cc3)C2)ccc1OCCn1ccnc1. The molecule has 0 saturated carbocycles. The molecule has 0 amide bonds. The highest BCUT2D eigenvalue weighted by molar-refractivity contribution is 6.30. The van der Waals surface area contributed by atoms with Gasteiger partial charge in [0.1, 0.15) is 24.6 Å². The van der Waals surface area contributed by atoms with Gasteiger partial charge in [-0.25, -0.2) is 4.98 Å². The number of hydrogen-bond donors (Lipinski definition) is 1. The first kappa shape index (κ1) is 24.3. The molecule has 0 unspecified atom stereocenters. The Morgan fingerprint density at radius 2 is 2.00 bits per heavy atom. The van der Waals surface area contributed by atoms with Crippen molar-refractivity contribution in [3.8, 4) is 17.2 Å². The van der Waals surface area contributed by atoms with Crippen LogP contribution in [0.1, 0.15) is 5.56 Å². The Labute approximate surface area is 204 Å². The summed E-state index contributed by atoms with van der Waals surface area (Å²) >= 11 is 5.93. The van der Waals surface area contributed by atoms with Crippen LogP contribution in [-0.2, 0) is 17.8 Å². The van der Waals surface area contributed by atoms with Crippen LogP contribution in [-0.4, -0.2) is 71.8 Å². The van der Waals surface area contributed by atoms with E-state index in [-0.39, 0.29) is 13.2 Å². The molecule has 0 spiro atoms. The van der Waals surface area contributed by atoms with Crippen LogP contribution in [0.3, 0.4) is 0 Å². The molecule has 9 heteroatoms. The average molecular weight is 488 g/mol. The molecule has 1 aliphatic heterocycles. The number of halogens is 1. The zero-order valence-corrected chi connectivity index (χ0v) is 20.0. The Bertz CT molecular complexity index is 1030. The van der Waals surface area contributed by atoms with Gasteiger partial charge >= 0.3 is 0 Å². The summed E-state index contributed by atoms with van der Waals surface area (Å²) in [5.41, 5.74) is -0.0713. The zero-order chi connectivity index (χ0) is 23.8. The van der Waals surface area contributed by atoms with Gasteiger partial charge < -0.3 is 28.6 Å². The molecule has 1 aliphatic rings.